The average molecular weight is 370 g/mol. The third-order valence-electron chi connectivity index (χ3n) is 6.20. The number of carbonyl (C=O) groups excluding carboxylic acids is 1. The lowest BCUT2D eigenvalue weighted by atomic mass is 9.62. The van der Waals surface area contributed by atoms with Crippen LogP contribution in [0.4, 0.5) is 26.3 Å². The molecule has 0 unspecified atom stereocenters. The molecule has 2 aliphatic carbocycles. The van der Waals surface area contributed by atoms with Crippen LogP contribution in [0.25, 0.3) is 0 Å². The van der Waals surface area contributed by atoms with Crippen molar-refractivity contribution >= 4 is 5.78 Å². The molecule has 2 saturated carbocycles. The van der Waals surface area contributed by atoms with Gasteiger partial charge in [0.1, 0.15) is 11.4 Å². The SMILES string of the molecule is C[C@H](CCC=C(C(F)(F)F)C(F)(F)F)[C@H]1CC[C@H]2C(=O)CCC[C@]12C. The van der Waals surface area contributed by atoms with Crippen LogP contribution in [-0.4, -0.2) is 18.1 Å². The molecule has 0 spiro atoms. The Balaban J connectivity index is 2.04. The number of hydrogen-bond acceptors (Lipinski definition) is 1. The van der Waals surface area contributed by atoms with E-state index in [1.165, 1.54) is 0 Å². The number of hydrogen-bond donors (Lipinski definition) is 0. The van der Waals surface area contributed by atoms with Gasteiger partial charge in [0, 0.05) is 12.3 Å². The highest BCUT2D eigenvalue weighted by Gasteiger charge is 2.52. The van der Waals surface area contributed by atoms with Crippen LogP contribution in [0.5, 0.6) is 0 Å². The Bertz CT molecular complexity index is 517. The molecule has 2 fully saturated rings. The number of alkyl halides is 6. The van der Waals surface area contributed by atoms with E-state index in [2.05, 4.69) is 6.92 Å². The van der Waals surface area contributed by atoms with Gasteiger partial charge in [0.05, 0.1) is 0 Å². The summed E-state index contributed by atoms with van der Waals surface area (Å²) in [6.07, 6.45) is -6.57. The van der Waals surface area contributed by atoms with Gasteiger partial charge >= 0.3 is 12.4 Å². The molecular weight excluding hydrogens is 346 g/mol. The molecule has 0 heterocycles. The van der Waals surface area contributed by atoms with Crippen molar-refractivity contribution in [1.82, 2.24) is 0 Å². The molecule has 0 bridgehead atoms. The third kappa shape index (κ3) is 4.22. The van der Waals surface area contributed by atoms with E-state index in [1.54, 1.807) is 0 Å². The lowest BCUT2D eigenvalue weighted by Gasteiger charge is -2.42. The maximum absolute atomic E-state index is 12.5. The minimum Gasteiger partial charge on any atom is -0.299 e. The van der Waals surface area contributed by atoms with E-state index in [-0.39, 0.29) is 47.9 Å². The van der Waals surface area contributed by atoms with Gasteiger partial charge in [0.2, 0.25) is 0 Å². The van der Waals surface area contributed by atoms with Gasteiger partial charge in [0.15, 0.2) is 0 Å². The van der Waals surface area contributed by atoms with Crippen molar-refractivity contribution < 1.29 is 31.1 Å². The predicted molar refractivity (Wildman–Crippen MR) is 81.8 cm³/mol. The molecule has 2 rings (SSSR count). The minimum atomic E-state index is -5.39. The molecular formula is C18H24F6O. The van der Waals surface area contributed by atoms with Crippen molar-refractivity contribution in [3.05, 3.63) is 11.6 Å². The molecule has 4 atom stereocenters. The highest BCUT2D eigenvalue weighted by Crippen LogP contribution is 2.57. The Morgan fingerprint density at radius 3 is 2.36 bits per heavy atom. The Morgan fingerprint density at radius 1 is 1.20 bits per heavy atom. The van der Waals surface area contributed by atoms with E-state index in [4.69, 9.17) is 0 Å². The standard InChI is InChI=1S/C18H24F6O/c1-11(5-3-7-15(17(19,20)21)18(22,23)24)12-8-9-13-14(25)6-4-10-16(12,13)2/h7,11-13H,3-6,8-10H2,1-2H3/t11-,12-,13+,16-/m1/s1. The summed E-state index contributed by atoms with van der Waals surface area (Å²) >= 11 is 0. The quantitative estimate of drug-likeness (QED) is 0.423. The first-order chi connectivity index (χ1) is 11.4. The first kappa shape index (κ1) is 20.3. The number of rotatable bonds is 4. The molecule has 0 radical (unpaired) electrons. The van der Waals surface area contributed by atoms with Crippen molar-refractivity contribution in [3.8, 4) is 0 Å². The summed E-state index contributed by atoms with van der Waals surface area (Å²) in [5.74, 6) is 0.431. The van der Waals surface area contributed by atoms with Crippen molar-refractivity contribution in [3.63, 3.8) is 0 Å². The summed E-state index contributed by atoms with van der Waals surface area (Å²) in [5.41, 5.74) is -2.58. The Labute approximate surface area is 143 Å². The number of allylic oxidation sites excluding steroid dienone is 2. The fraction of sp³-hybridized carbons (Fsp3) is 0.833. The molecule has 1 nitrogen and oxygen atoms in total. The number of halogens is 6. The van der Waals surface area contributed by atoms with E-state index >= 15 is 0 Å². The second-order valence-electron chi connectivity index (χ2n) is 7.73. The monoisotopic (exact) mass is 370 g/mol. The van der Waals surface area contributed by atoms with Crippen LogP contribution in [-0.2, 0) is 4.79 Å². The summed E-state index contributed by atoms with van der Waals surface area (Å²) < 4.78 is 75.2. The van der Waals surface area contributed by atoms with E-state index in [0.29, 0.717) is 6.42 Å². The summed E-state index contributed by atoms with van der Waals surface area (Å²) in [5, 5.41) is 0. The first-order valence-corrected chi connectivity index (χ1v) is 8.74. The maximum Gasteiger partial charge on any atom is 0.420 e. The van der Waals surface area contributed by atoms with Gasteiger partial charge in [0.25, 0.3) is 0 Å². The first-order valence-electron chi connectivity index (χ1n) is 8.74. The molecule has 0 aliphatic heterocycles. The van der Waals surface area contributed by atoms with E-state index < -0.39 is 17.9 Å². The largest absolute Gasteiger partial charge is 0.420 e. The van der Waals surface area contributed by atoms with Crippen LogP contribution < -0.4 is 0 Å². The fourth-order valence-corrected chi connectivity index (χ4v) is 4.99. The summed E-state index contributed by atoms with van der Waals surface area (Å²) in [6, 6.07) is 0. The van der Waals surface area contributed by atoms with Crippen LogP contribution in [0.2, 0.25) is 0 Å². The lowest BCUT2D eigenvalue weighted by molar-refractivity contribution is -0.172. The molecule has 0 amide bonds. The van der Waals surface area contributed by atoms with Gasteiger partial charge in [-0.15, -0.1) is 0 Å². The smallest absolute Gasteiger partial charge is 0.299 e. The van der Waals surface area contributed by atoms with Gasteiger partial charge in [-0.1, -0.05) is 19.9 Å². The summed E-state index contributed by atoms with van der Waals surface area (Å²) in [6.45, 7) is 3.95. The topological polar surface area (TPSA) is 17.1 Å². The van der Waals surface area contributed by atoms with Crippen LogP contribution in [0.3, 0.4) is 0 Å². The molecule has 2 aliphatic rings. The number of Topliss-reactive ketones (excluding diaryl/α,β-unsaturated/α-hetero) is 1. The molecule has 0 aromatic rings. The second kappa shape index (κ2) is 6.95. The van der Waals surface area contributed by atoms with Crippen LogP contribution in [0.1, 0.15) is 58.8 Å². The van der Waals surface area contributed by atoms with Crippen LogP contribution in [0.15, 0.2) is 11.6 Å². The Hall–Kier alpha value is -1.01. The van der Waals surface area contributed by atoms with E-state index in [9.17, 15) is 31.1 Å². The zero-order valence-electron chi connectivity index (χ0n) is 14.4. The average Bonchev–Trinajstić information content (AvgIpc) is 2.79. The third-order valence-corrected chi connectivity index (χ3v) is 6.20. The Kier molecular flexibility index (Phi) is 5.65. The number of ketones is 1. The molecule has 25 heavy (non-hydrogen) atoms. The van der Waals surface area contributed by atoms with E-state index in [0.717, 1.165) is 25.7 Å². The fourth-order valence-electron chi connectivity index (χ4n) is 4.99. The van der Waals surface area contributed by atoms with Crippen molar-refractivity contribution in [2.45, 2.75) is 71.1 Å². The van der Waals surface area contributed by atoms with Gasteiger partial charge in [-0.25, -0.2) is 0 Å². The van der Waals surface area contributed by atoms with Gasteiger partial charge in [-0.3, -0.25) is 4.79 Å². The van der Waals surface area contributed by atoms with Gasteiger partial charge < -0.3 is 0 Å². The van der Waals surface area contributed by atoms with Gasteiger partial charge in [-0.05, 0) is 55.8 Å². The highest BCUT2D eigenvalue weighted by atomic mass is 19.4. The summed E-state index contributed by atoms with van der Waals surface area (Å²) in [4.78, 5) is 12.1. The predicted octanol–water partition coefficient (Wildman–Crippen LogP) is 6.24. The molecule has 0 aromatic carbocycles. The molecule has 144 valence electrons. The molecule has 0 aromatic heterocycles. The van der Waals surface area contributed by atoms with E-state index in [1.807, 2.05) is 6.92 Å². The minimum absolute atomic E-state index is 0.00477. The molecule has 7 heteroatoms. The van der Waals surface area contributed by atoms with Crippen molar-refractivity contribution in [1.29, 1.82) is 0 Å². The lowest BCUT2D eigenvalue weighted by Crippen LogP contribution is -2.39. The second-order valence-corrected chi connectivity index (χ2v) is 7.73. The Morgan fingerprint density at radius 2 is 1.80 bits per heavy atom. The van der Waals surface area contributed by atoms with Gasteiger partial charge in [-0.2, -0.15) is 26.3 Å². The number of fused-ring (bicyclic) bond motifs is 1. The summed E-state index contributed by atoms with van der Waals surface area (Å²) in [7, 11) is 0. The molecule has 0 saturated heterocycles. The van der Waals surface area contributed by atoms with Crippen LogP contribution in [0, 0.1) is 23.2 Å². The highest BCUT2D eigenvalue weighted by molar-refractivity contribution is 5.83. The van der Waals surface area contributed by atoms with Crippen LogP contribution >= 0.6 is 0 Å². The number of carbonyl (C=O) groups is 1. The molecule has 0 N–H and O–H groups in total. The van der Waals surface area contributed by atoms with Crippen molar-refractivity contribution in [2.75, 3.05) is 0 Å². The van der Waals surface area contributed by atoms with Crippen molar-refractivity contribution in [2.24, 2.45) is 23.2 Å². The zero-order valence-corrected chi connectivity index (χ0v) is 14.4. The zero-order chi connectivity index (χ0) is 19.0. The maximum atomic E-state index is 12.5. The normalized spacial score (nSPS) is 31.6.